The van der Waals surface area contributed by atoms with E-state index < -0.39 is 29.6 Å². The van der Waals surface area contributed by atoms with E-state index in [1.807, 2.05) is 6.26 Å². The highest BCUT2D eigenvalue weighted by molar-refractivity contribution is 7.98. The van der Waals surface area contributed by atoms with Crippen molar-refractivity contribution in [2.45, 2.75) is 25.0 Å². The van der Waals surface area contributed by atoms with Crippen LogP contribution in [0.3, 0.4) is 0 Å². The molecule has 0 bridgehead atoms. The SMILES string of the molecule is CSc1ncc(-c2nc(-c3c[nH]c4ncc(F)cc34)nc(NC(C)C(C)C(=O)O)c2F)[nH]1. The van der Waals surface area contributed by atoms with Gasteiger partial charge in [-0.25, -0.2) is 28.7 Å². The molecular formula is C20H19F2N7O2S. The molecule has 0 radical (unpaired) electrons. The third-order valence-corrected chi connectivity index (χ3v) is 5.69. The molecule has 0 aromatic carbocycles. The topological polar surface area (TPSA) is 132 Å². The zero-order valence-corrected chi connectivity index (χ0v) is 18.1. The van der Waals surface area contributed by atoms with Crippen molar-refractivity contribution < 1.29 is 18.7 Å². The number of anilines is 1. The smallest absolute Gasteiger partial charge is 0.308 e. The quantitative estimate of drug-likeness (QED) is 0.306. The maximum atomic E-state index is 15.4. The number of aromatic nitrogens is 6. The molecule has 0 fully saturated rings. The lowest BCUT2D eigenvalue weighted by Crippen LogP contribution is -2.30. The molecule has 0 saturated heterocycles. The van der Waals surface area contributed by atoms with Gasteiger partial charge in [-0.2, -0.15) is 0 Å². The Hall–Kier alpha value is -3.54. The second kappa shape index (κ2) is 8.54. The number of nitrogens with zero attached hydrogens (tertiary/aromatic N) is 4. The summed E-state index contributed by atoms with van der Waals surface area (Å²) in [5, 5.41) is 13.1. The molecule has 9 nitrogen and oxygen atoms in total. The lowest BCUT2D eigenvalue weighted by Gasteiger charge is -2.19. The molecule has 32 heavy (non-hydrogen) atoms. The van der Waals surface area contributed by atoms with Crippen LogP contribution in [0.25, 0.3) is 33.8 Å². The highest BCUT2D eigenvalue weighted by atomic mass is 32.2. The van der Waals surface area contributed by atoms with Gasteiger partial charge in [0, 0.05) is 23.2 Å². The zero-order valence-electron chi connectivity index (χ0n) is 17.3. The molecule has 166 valence electrons. The molecule has 0 aliphatic heterocycles. The number of aromatic amines is 2. The molecule has 4 rings (SSSR count). The van der Waals surface area contributed by atoms with Crippen molar-refractivity contribution in [3.8, 4) is 22.8 Å². The number of fused-ring (bicyclic) bond motifs is 1. The van der Waals surface area contributed by atoms with Gasteiger partial charge >= 0.3 is 5.97 Å². The van der Waals surface area contributed by atoms with Crippen LogP contribution < -0.4 is 5.32 Å². The van der Waals surface area contributed by atoms with Gasteiger partial charge in [-0.05, 0) is 26.2 Å². The highest BCUT2D eigenvalue weighted by Gasteiger charge is 2.25. The molecule has 2 atom stereocenters. The zero-order chi connectivity index (χ0) is 23.0. The summed E-state index contributed by atoms with van der Waals surface area (Å²) in [4.78, 5) is 34.1. The second-order valence-electron chi connectivity index (χ2n) is 7.18. The van der Waals surface area contributed by atoms with Gasteiger partial charge in [-0.15, -0.1) is 0 Å². The van der Waals surface area contributed by atoms with Crippen molar-refractivity contribution in [3.63, 3.8) is 0 Å². The van der Waals surface area contributed by atoms with Gasteiger partial charge in [0.25, 0.3) is 0 Å². The van der Waals surface area contributed by atoms with Crippen molar-refractivity contribution in [2.75, 3.05) is 11.6 Å². The molecule has 4 heterocycles. The van der Waals surface area contributed by atoms with Crippen LogP contribution in [0, 0.1) is 17.6 Å². The monoisotopic (exact) mass is 459 g/mol. The Morgan fingerprint density at radius 3 is 2.69 bits per heavy atom. The lowest BCUT2D eigenvalue weighted by atomic mass is 10.0. The van der Waals surface area contributed by atoms with Crippen molar-refractivity contribution in [1.29, 1.82) is 0 Å². The first kappa shape index (κ1) is 21.7. The predicted octanol–water partition coefficient (Wildman–Crippen LogP) is 3.93. The molecule has 0 aliphatic rings. The number of carbonyl (C=O) groups is 1. The number of pyridine rings is 1. The van der Waals surface area contributed by atoms with E-state index in [1.54, 1.807) is 13.1 Å². The van der Waals surface area contributed by atoms with Crippen LogP contribution in [0.2, 0.25) is 0 Å². The van der Waals surface area contributed by atoms with Gasteiger partial charge in [-0.3, -0.25) is 4.79 Å². The number of hydrogen-bond donors (Lipinski definition) is 4. The minimum absolute atomic E-state index is 0.0563. The fraction of sp³-hybridized carbons (Fsp3) is 0.250. The lowest BCUT2D eigenvalue weighted by molar-refractivity contribution is -0.141. The molecule has 0 aliphatic carbocycles. The Morgan fingerprint density at radius 1 is 1.22 bits per heavy atom. The summed E-state index contributed by atoms with van der Waals surface area (Å²) < 4.78 is 29.2. The number of carboxylic acid groups (broad SMARTS) is 1. The number of halogens is 2. The molecule has 0 saturated carbocycles. The van der Waals surface area contributed by atoms with Crippen LogP contribution in [0.4, 0.5) is 14.6 Å². The van der Waals surface area contributed by atoms with Gasteiger partial charge in [0.2, 0.25) is 0 Å². The molecule has 0 amide bonds. The largest absolute Gasteiger partial charge is 0.481 e. The summed E-state index contributed by atoms with van der Waals surface area (Å²) >= 11 is 1.35. The number of carboxylic acids is 1. The fourth-order valence-electron chi connectivity index (χ4n) is 3.09. The van der Waals surface area contributed by atoms with Crippen molar-refractivity contribution in [1.82, 2.24) is 29.9 Å². The molecule has 12 heteroatoms. The first-order chi connectivity index (χ1) is 15.3. The highest BCUT2D eigenvalue weighted by Crippen LogP contribution is 2.32. The third kappa shape index (κ3) is 4.00. The number of hydrogen-bond acceptors (Lipinski definition) is 7. The van der Waals surface area contributed by atoms with Crippen LogP contribution in [0.15, 0.2) is 29.8 Å². The average Bonchev–Trinajstić information content (AvgIpc) is 3.41. The summed E-state index contributed by atoms with van der Waals surface area (Å²) in [5.74, 6) is -3.21. The van der Waals surface area contributed by atoms with Gasteiger partial charge in [0.05, 0.1) is 24.0 Å². The number of H-pyrrole nitrogens is 2. The average molecular weight is 459 g/mol. The summed E-state index contributed by atoms with van der Waals surface area (Å²) in [6.45, 7) is 3.13. The van der Waals surface area contributed by atoms with E-state index in [0.717, 1.165) is 6.20 Å². The minimum atomic E-state index is -1.03. The van der Waals surface area contributed by atoms with Gasteiger partial charge in [0.1, 0.15) is 17.2 Å². The Balaban J connectivity index is 1.88. The number of aliphatic carboxylic acids is 1. The first-order valence-corrected chi connectivity index (χ1v) is 10.8. The second-order valence-corrected chi connectivity index (χ2v) is 7.97. The van der Waals surface area contributed by atoms with E-state index in [9.17, 15) is 14.3 Å². The van der Waals surface area contributed by atoms with Crippen LogP contribution in [0.5, 0.6) is 0 Å². The standard InChI is InChI=1S/C20H19F2N7O2S/c1-8(19(30)31)9(2)26-18-14(22)15(13-7-25-20(27-13)32-3)28-17(29-18)12-6-24-16-11(12)4-10(21)5-23-16/h4-9H,1-3H3,(H,23,24)(H,25,27)(H,30,31)(H,26,28,29). The van der Waals surface area contributed by atoms with E-state index in [2.05, 4.69) is 35.2 Å². The third-order valence-electron chi connectivity index (χ3n) is 5.09. The van der Waals surface area contributed by atoms with Crippen molar-refractivity contribution in [3.05, 3.63) is 36.3 Å². The van der Waals surface area contributed by atoms with Crippen LogP contribution in [-0.2, 0) is 4.79 Å². The normalized spacial score (nSPS) is 13.3. The van der Waals surface area contributed by atoms with Gasteiger partial charge in [0.15, 0.2) is 22.6 Å². The van der Waals surface area contributed by atoms with Crippen LogP contribution in [0.1, 0.15) is 13.8 Å². The minimum Gasteiger partial charge on any atom is -0.481 e. The summed E-state index contributed by atoms with van der Waals surface area (Å²) in [5.41, 5.74) is 1.10. The summed E-state index contributed by atoms with van der Waals surface area (Å²) in [7, 11) is 0. The maximum absolute atomic E-state index is 15.4. The Morgan fingerprint density at radius 2 is 2.00 bits per heavy atom. The number of rotatable bonds is 7. The van der Waals surface area contributed by atoms with E-state index in [-0.39, 0.29) is 17.3 Å². The molecule has 4 aromatic heterocycles. The number of nitrogens with one attached hydrogen (secondary N) is 3. The molecule has 2 unspecified atom stereocenters. The van der Waals surface area contributed by atoms with Crippen LogP contribution in [-0.4, -0.2) is 53.3 Å². The van der Waals surface area contributed by atoms with E-state index in [0.29, 0.717) is 27.4 Å². The molecular weight excluding hydrogens is 440 g/mol. The van der Waals surface area contributed by atoms with E-state index in [1.165, 1.54) is 30.9 Å². The number of imidazole rings is 1. The van der Waals surface area contributed by atoms with Crippen molar-refractivity contribution in [2.24, 2.45) is 5.92 Å². The first-order valence-electron chi connectivity index (χ1n) is 9.57. The number of thioether (sulfide) groups is 1. The van der Waals surface area contributed by atoms with E-state index in [4.69, 9.17) is 0 Å². The van der Waals surface area contributed by atoms with Gasteiger partial charge < -0.3 is 20.4 Å². The Bertz CT molecular complexity index is 1310. The summed E-state index contributed by atoms with van der Waals surface area (Å²) in [6, 6.07) is 0.647. The van der Waals surface area contributed by atoms with Crippen LogP contribution >= 0.6 is 11.8 Å². The van der Waals surface area contributed by atoms with Gasteiger partial charge in [-0.1, -0.05) is 11.8 Å². The molecule has 4 aromatic rings. The van der Waals surface area contributed by atoms with E-state index >= 15 is 4.39 Å². The predicted molar refractivity (Wildman–Crippen MR) is 116 cm³/mol. The molecule has 4 N–H and O–H groups in total. The Kier molecular flexibility index (Phi) is 5.78. The maximum Gasteiger partial charge on any atom is 0.308 e. The van der Waals surface area contributed by atoms with Crippen molar-refractivity contribution >= 4 is 34.6 Å². The molecule has 0 spiro atoms. The Labute approximate surface area is 185 Å². The fourth-order valence-corrected chi connectivity index (χ4v) is 3.46. The summed E-state index contributed by atoms with van der Waals surface area (Å²) in [6.07, 6.45) is 5.90.